The summed E-state index contributed by atoms with van der Waals surface area (Å²) in [6.07, 6.45) is 44.9. The minimum Gasteiger partial charge on any atom is -0.346 e. The Morgan fingerprint density at radius 1 is 0.463 bits per heavy atom. The summed E-state index contributed by atoms with van der Waals surface area (Å²) in [4.78, 5) is 0. The largest absolute Gasteiger partial charge is 2.00 e. The number of fused-ring (bicyclic) bond motifs is 6. The van der Waals surface area contributed by atoms with Crippen LogP contribution in [0.25, 0.3) is 0 Å². The maximum Gasteiger partial charge on any atom is 2.00 e. The number of hydrogen-bond donors (Lipinski definition) is 0. The van der Waals surface area contributed by atoms with Gasteiger partial charge in [-0.2, -0.15) is 63.2 Å². The Morgan fingerprint density at radius 3 is 1.09 bits per heavy atom. The zero-order valence-electron chi connectivity index (χ0n) is 55.3. The van der Waals surface area contributed by atoms with Crippen LogP contribution in [0.5, 0.6) is 0 Å². The first-order valence-corrected chi connectivity index (χ1v) is 31.9. The standard InChI is InChI=1S/2C16H28.C12H18.2C11H17.4C2H5.CH4.5Zn/c2*1-5-11(3)14-7-8-15-13(6-2)9-12(4)16(15)10-14;1-4-10-7-8-11(5-2)12(6-3)9-10;2*1-3-8-5-11-7-10(8)6-9(11)4-2;4*1-2;;;;;;/h2*11-16H,3-10H2,1-2H3;4-6,10-12H,1-3,7-9H2;2*3,6,9-11H,4-5,7H2,1-2H3;4*1H2,2H3;1H4;;;;;/q2*-2;;6*-1;;5*+2/b;;;2*8-3+;;;;;;;;;;. The van der Waals surface area contributed by atoms with Gasteiger partial charge < -0.3 is 68.2 Å². The summed E-state index contributed by atoms with van der Waals surface area (Å²) in [7, 11) is 0. The number of allylic oxidation sites excluding steroid dienone is 7. The Kier molecular flexibility index (Phi) is 61.3. The van der Waals surface area contributed by atoms with Crippen LogP contribution in [0, 0.1) is 193 Å². The van der Waals surface area contributed by atoms with Crippen molar-refractivity contribution in [3.8, 4) is 0 Å². The molecule has 5 heteroatoms. The predicted octanol–water partition coefficient (Wildman–Crippen LogP) is 23.5. The first-order chi connectivity index (χ1) is 35.8. The van der Waals surface area contributed by atoms with Crippen molar-refractivity contribution >= 4 is 0 Å². The summed E-state index contributed by atoms with van der Waals surface area (Å²) in [5, 5.41) is 0. The first-order valence-electron chi connectivity index (χ1n) is 31.9. The fourth-order valence-electron chi connectivity index (χ4n) is 16.4. The van der Waals surface area contributed by atoms with Crippen LogP contribution in [-0.4, -0.2) is 0 Å². The molecule has 4 bridgehead atoms. The van der Waals surface area contributed by atoms with Crippen LogP contribution in [0.4, 0.5) is 0 Å². The predicted molar refractivity (Wildman–Crippen MR) is 343 cm³/mol. The van der Waals surface area contributed by atoms with Gasteiger partial charge in [0.05, 0.1) is 0 Å². The third-order valence-electron chi connectivity index (χ3n) is 20.9. The molecule has 9 rings (SSSR count). The minimum absolute atomic E-state index is 0. The Labute approximate surface area is 571 Å². The summed E-state index contributed by atoms with van der Waals surface area (Å²) >= 11 is 0. The Morgan fingerprint density at radius 2 is 0.825 bits per heavy atom. The molecule has 0 aromatic rings. The Hall–Kier alpha value is 1.82. The summed E-state index contributed by atoms with van der Waals surface area (Å²) in [5.41, 5.74) is 3.42. The smallest absolute Gasteiger partial charge is 0.346 e. The van der Waals surface area contributed by atoms with Crippen LogP contribution >= 0.6 is 0 Å². The second-order valence-corrected chi connectivity index (χ2v) is 23.9. The SMILES string of the molecule is C.C/C=C1\CC2CC1[CH-]C2CC.C/C=C1\CC2CC1[CH-]C2CC.C=CC1CCC(C=C)C(C=C)C1.[CH2-]C.[CH2-]C.[CH2-]C.[CH2-]C.[CH2-]C(CC)C1CCC2C(CC)CC([CH2-])C2C1.[CH2-]C(CC)C1CCC2C(CC)CC([CH2-])C2C1.[Zn+2].[Zn+2].[Zn+2].[Zn+2].[Zn+2]. The molecule has 0 saturated heterocycles. The molecule has 442 valence electrons. The molecule has 9 aliphatic carbocycles. The normalized spacial score (nSPS) is 36.3. The van der Waals surface area contributed by atoms with Gasteiger partial charge in [0.15, 0.2) is 0 Å². The molecule has 0 nitrogen and oxygen atoms in total. The zero-order valence-corrected chi connectivity index (χ0v) is 70.2. The van der Waals surface area contributed by atoms with Gasteiger partial charge in [0.25, 0.3) is 0 Å². The van der Waals surface area contributed by atoms with E-state index in [0.717, 1.165) is 94.7 Å². The Balaban J connectivity index is -0.000000205. The van der Waals surface area contributed by atoms with Gasteiger partial charge in [0.1, 0.15) is 0 Å². The van der Waals surface area contributed by atoms with Crippen molar-refractivity contribution in [2.45, 2.75) is 225 Å². The molecule has 9 aliphatic rings. The van der Waals surface area contributed by atoms with E-state index in [4.69, 9.17) is 0 Å². The van der Waals surface area contributed by atoms with Gasteiger partial charge in [0.2, 0.25) is 0 Å². The summed E-state index contributed by atoms with van der Waals surface area (Å²) in [6, 6.07) is 0. The number of hydrogen-bond acceptors (Lipinski definition) is 0. The van der Waals surface area contributed by atoms with E-state index < -0.39 is 0 Å². The minimum atomic E-state index is 0. The second-order valence-electron chi connectivity index (χ2n) is 23.9. The molecule has 9 fully saturated rings. The van der Waals surface area contributed by atoms with E-state index in [1.165, 1.54) is 135 Å². The van der Waals surface area contributed by atoms with E-state index in [1.807, 2.05) is 0 Å². The molecule has 9 saturated carbocycles. The van der Waals surface area contributed by atoms with Crippen molar-refractivity contribution in [3.63, 3.8) is 0 Å². The first kappa shape index (κ1) is 93.0. The van der Waals surface area contributed by atoms with Gasteiger partial charge in [-0.15, -0.1) is 42.7 Å². The van der Waals surface area contributed by atoms with Crippen LogP contribution < -0.4 is 0 Å². The van der Waals surface area contributed by atoms with Gasteiger partial charge in [-0.1, -0.05) is 205 Å². The van der Waals surface area contributed by atoms with E-state index in [1.54, 1.807) is 38.8 Å². The molecule has 0 radical (unpaired) electrons. The van der Waals surface area contributed by atoms with Crippen molar-refractivity contribution in [3.05, 3.63) is 129 Å². The van der Waals surface area contributed by atoms with Gasteiger partial charge in [-0.3, -0.25) is 0 Å². The summed E-state index contributed by atoms with van der Waals surface area (Å²) < 4.78 is 0. The second kappa shape index (κ2) is 52.7. The average Bonchev–Trinajstić information content (AvgIpc) is 4.36. The van der Waals surface area contributed by atoms with E-state index in [2.05, 4.69) is 174 Å². The molecule has 0 aliphatic heterocycles. The van der Waals surface area contributed by atoms with Crippen molar-refractivity contribution in [2.24, 2.45) is 124 Å². The molecule has 0 heterocycles. The van der Waals surface area contributed by atoms with Crippen LogP contribution in [-0.2, 0) is 97.4 Å². The molecule has 0 amide bonds. The van der Waals surface area contributed by atoms with Crippen molar-refractivity contribution in [1.29, 1.82) is 0 Å². The van der Waals surface area contributed by atoms with Crippen LogP contribution in [0.15, 0.2) is 61.3 Å². The Bertz CT molecular complexity index is 1430. The van der Waals surface area contributed by atoms with Gasteiger partial charge in [0, 0.05) is 0 Å². The van der Waals surface area contributed by atoms with E-state index >= 15 is 0 Å². The van der Waals surface area contributed by atoms with Crippen molar-refractivity contribution in [2.75, 3.05) is 0 Å². The molecule has 21 unspecified atom stereocenters. The van der Waals surface area contributed by atoms with Crippen molar-refractivity contribution in [1.82, 2.24) is 0 Å². The van der Waals surface area contributed by atoms with Crippen LogP contribution in [0.3, 0.4) is 0 Å². The number of rotatable bonds is 11. The molecule has 0 spiro atoms. The monoisotopic (exact) mass is 1350 g/mol. The van der Waals surface area contributed by atoms with E-state index in [9.17, 15) is 0 Å². The fraction of sp³-hybridized carbons (Fsp3) is 0.733. The van der Waals surface area contributed by atoms with Crippen molar-refractivity contribution < 1.29 is 97.4 Å². The van der Waals surface area contributed by atoms with Gasteiger partial charge in [-0.05, 0) is 100 Å². The third-order valence-corrected chi connectivity index (χ3v) is 20.9. The molecule has 0 N–H and O–H groups in total. The quantitative estimate of drug-likeness (QED) is 0.110. The van der Waals surface area contributed by atoms with Crippen LogP contribution in [0.2, 0.25) is 0 Å². The van der Waals surface area contributed by atoms with Gasteiger partial charge >= 0.3 is 97.4 Å². The summed E-state index contributed by atoms with van der Waals surface area (Å²) in [6.45, 7) is 67.4. The maximum atomic E-state index is 4.42. The topological polar surface area (TPSA) is 0 Å². The van der Waals surface area contributed by atoms with Crippen LogP contribution in [0.1, 0.15) is 225 Å². The zero-order chi connectivity index (χ0) is 56.1. The third kappa shape index (κ3) is 27.3. The molecule has 0 aromatic heterocycles. The maximum absolute atomic E-state index is 4.42. The molecule has 21 atom stereocenters. The molecular weight excluding hydrogens is 1230 g/mol. The summed E-state index contributed by atoms with van der Waals surface area (Å²) in [5.74, 6) is 18.1. The van der Waals surface area contributed by atoms with E-state index in [0.29, 0.717) is 29.6 Å². The molecule has 0 aromatic carbocycles. The average molecular weight is 1360 g/mol. The van der Waals surface area contributed by atoms with E-state index in [-0.39, 0.29) is 105 Å². The molecular formula is C75H132Zn5. The molecule has 80 heavy (non-hydrogen) atoms. The van der Waals surface area contributed by atoms with Gasteiger partial charge in [-0.25, -0.2) is 0 Å². The fourth-order valence-corrected chi connectivity index (χ4v) is 16.4.